The second kappa shape index (κ2) is 8.80. The van der Waals surface area contributed by atoms with E-state index in [2.05, 4.69) is 10.2 Å². The molecule has 1 aliphatic heterocycles. The van der Waals surface area contributed by atoms with Crippen molar-refractivity contribution in [3.8, 4) is 0 Å². The number of hydrogen-bond donors (Lipinski definition) is 2. The maximum atomic E-state index is 14.0. The fraction of sp³-hybridized carbons (Fsp3) is 0.571. The molecule has 0 amide bonds. The van der Waals surface area contributed by atoms with Gasteiger partial charge in [-0.3, -0.25) is 4.90 Å². The number of aliphatic hydroxyl groups is 1. The smallest absolute Gasteiger partial charge is 0.128 e. The van der Waals surface area contributed by atoms with Crippen molar-refractivity contribution < 1.29 is 9.50 Å². The lowest BCUT2D eigenvalue weighted by Gasteiger charge is -2.35. The standard InChI is InChI=1S/C14H20ClFN2O.ClH/c15-11-3-4-13(16)12(10-11)14(2-1-9-19)18-7-5-17-6-8-18;/h3-4,10,14,17,19H,1-2,5-9H2;1H/t14-;/m1./s1. The van der Waals surface area contributed by atoms with Crippen LogP contribution >= 0.6 is 24.0 Å². The van der Waals surface area contributed by atoms with E-state index in [9.17, 15) is 4.39 Å². The molecule has 20 heavy (non-hydrogen) atoms. The molecule has 1 aliphatic rings. The summed E-state index contributed by atoms with van der Waals surface area (Å²) in [6.45, 7) is 3.74. The minimum atomic E-state index is -0.217. The van der Waals surface area contributed by atoms with Crippen LogP contribution in [-0.4, -0.2) is 42.8 Å². The average molecular weight is 323 g/mol. The van der Waals surface area contributed by atoms with E-state index >= 15 is 0 Å². The summed E-state index contributed by atoms with van der Waals surface area (Å²) >= 11 is 5.99. The highest BCUT2D eigenvalue weighted by Crippen LogP contribution is 2.30. The molecule has 114 valence electrons. The molecular formula is C14H21Cl2FN2O. The Bertz CT molecular complexity index is 414. The first-order chi connectivity index (χ1) is 9.22. The summed E-state index contributed by atoms with van der Waals surface area (Å²) in [5.74, 6) is -0.217. The van der Waals surface area contributed by atoms with Gasteiger partial charge < -0.3 is 10.4 Å². The van der Waals surface area contributed by atoms with Crippen molar-refractivity contribution in [1.82, 2.24) is 10.2 Å². The van der Waals surface area contributed by atoms with E-state index in [1.807, 2.05) is 0 Å². The third-order valence-corrected chi connectivity index (χ3v) is 3.78. The Kier molecular flexibility index (Phi) is 7.77. The van der Waals surface area contributed by atoms with Gasteiger partial charge >= 0.3 is 0 Å². The zero-order valence-electron chi connectivity index (χ0n) is 11.3. The molecule has 2 rings (SSSR count). The van der Waals surface area contributed by atoms with Crippen molar-refractivity contribution in [1.29, 1.82) is 0 Å². The Balaban J connectivity index is 0.00000200. The minimum absolute atomic E-state index is 0. The third kappa shape index (κ3) is 4.57. The van der Waals surface area contributed by atoms with E-state index < -0.39 is 0 Å². The summed E-state index contributed by atoms with van der Waals surface area (Å²) in [6, 6.07) is 4.70. The van der Waals surface area contributed by atoms with E-state index in [-0.39, 0.29) is 30.9 Å². The molecule has 0 aliphatic carbocycles. The predicted octanol–water partition coefficient (Wildman–Crippen LogP) is 2.62. The summed E-state index contributed by atoms with van der Waals surface area (Å²) in [5, 5.41) is 12.9. The largest absolute Gasteiger partial charge is 0.396 e. The van der Waals surface area contributed by atoms with E-state index in [1.54, 1.807) is 12.1 Å². The monoisotopic (exact) mass is 322 g/mol. The normalized spacial score (nSPS) is 17.6. The summed E-state index contributed by atoms with van der Waals surface area (Å²) in [4.78, 5) is 2.26. The molecule has 1 fully saturated rings. The first-order valence-electron chi connectivity index (χ1n) is 6.73. The maximum Gasteiger partial charge on any atom is 0.128 e. The lowest BCUT2D eigenvalue weighted by molar-refractivity contribution is 0.151. The van der Waals surface area contributed by atoms with Crippen LogP contribution in [0.4, 0.5) is 4.39 Å². The van der Waals surface area contributed by atoms with Crippen LogP contribution in [0.3, 0.4) is 0 Å². The van der Waals surface area contributed by atoms with Crippen molar-refractivity contribution in [3.63, 3.8) is 0 Å². The van der Waals surface area contributed by atoms with Crippen LogP contribution in [0.2, 0.25) is 5.02 Å². The van der Waals surface area contributed by atoms with Gasteiger partial charge in [-0.15, -0.1) is 12.4 Å². The van der Waals surface area contributed by atoms with Crippen molar-refractivity contribution in [2.24, 2.45) is 0 Å². The zero-order chi connectivity index (χ0) is 13.7. The topological polar surface area (TPSA) is 35.5 Å². The van der Waals surface area contributed by atoms with Gasteiger partial charge in [0.2, 0.25) is 0 Å². The molecule has 2 N–H and O–H groups in total. The van der Waals surface area contributed by atoms with E-state index in [0.29, 0.717) is 17.0 Å². The van der Waals surface area contributed by atoms with Crippen LogP contribution in [0.1, 0.15) is 24.4 Å². The number of piperazine rings is 1. The molecular weight excluding hydrogens is 302 g/mol. The van der Waals surface area contributed by atoms with Crippen LogP contribution in [0.15, 0.2) is 18.2 Å². The first kappa shape index (κ1) is 17.7. The van der Waals surface area contributed by atoms with Crippen LogP contribution in [0.5, 0.6) is 0 Å². The Morgan fingerprint density at radius 3 is 2.70 bits per heavy atom. The Hall–Kier alpha value is -0.390. The van der Waals surface area contributed by atoms with Crippen LogP contribution in [0.25, 0.3) is 0 Å². The van der Waals surface area contributed by atoms with Crippen molar-refractivity contribution in [2.75, 3.05) is 32.8 Å². The van der Waals surface area contributed by atoms with Gasteiger partial charge in [0.25, 0.3) is 0 Å². The third-order valence-electron chi connectivity index (χ3n) is 3.55. The molecule has 1 heterocycles. The van der Waals surface area contributed by atoms with Crippen molar-refractivity contribution >= 4 is 24.0 Å². The van der Waals surface area contributed by atoms with Gasteiger partial charge in [-0.1, -0.05) is 11.6 Å². The summed E-state index contributed by atoms with van der Waals surface area (Å²) in [5.41, 5.74) is 0.642. The van der Waals surface area contributed by atoms with Crippen molar-refractivity contribution in [3.05, 3.63) is 34.6 Å². The van der Waals surface area contributed by atoms with Gasteiger partial charge in [-0.2, -0.15) is 0 Å². The molecule has 0 bridgehead atoms. The highest BCUT2D eigenvalue weighted by atomic mass is 35.5. The quantitative estimate of drug-likeness (QED) is 0.874. The number of hydrogen-bond acceptors (Lipinski definition) is 3. The number of nitrogens with zero attached hydrogens (tertiary/aromatic N) is 1. The maximum absolute atomic E-state index is 14.0. The fourth-order valence-corrected chi connectivity index (χ4v) is 2.76. The highest BCUT2D eigenvalue weighted by Gasteiger charge is 2.24. The summed E-state index contributed by atoms with van der Waals surface area (Å²) < 4.78 is 14.0. The number of benzene rings is 1. The molecule has 1 aromatic rings. The second-order valence-electron chi connectivity index (χ2n) is 4.83. The fourth-order valence-electron chi connectivity index (χ4n) is 2.58. The van der Waals surface area contributed by atoms with Gasteiger partial charge in [-0.05, 0) is 31.0 Å². The molecule has 0 radical (unpaired) electrons. The number of aliphatic hydroxyl groups excluding tert-OH is 1. The van der Waals surface area contributed by atoms with Gasteiger partial charge in [0.1, 0.15) is 5.82 Å². The van der Waals surface area contributed by atoms with E-state index in [4.69, 9.17) is 16.7 Å². The van der Waals surface area contributed by atoms with Gasteiger partial charge in [0, 0.05) is 49.4 Å². The van der Waals surface area contributed by atoms with E-state index in [0.717, 1.165) is 32.6 Å². The van der Waals surface area contributed by atoms with Gasteiger partial charge in [0.15, 0.2) is 0 Å². The highest BCUT2D eigenvalue weighted by molar-refractivity contribution is 6.30. The zero-order valence-corrected chi connectivity index (χ0v) is 12.9. The molecule has 3 nitrogen and oxygen atoms in total. The molecule has 0 unspecified atom stereocenters. The van der Waals surface area contributed by atoms with Gasteiger partial charge in [0.05, 0.1) is 0 Å². The average Bonchev–Trinajstić information content (AvgIpc) is 2.44. The van der Waals surface area contributed by atoms with Gasteiger partial charge in [-0.25, -0.2) is 4.39 Å². The summed E-state index contributed by atoms with van der Waals surface area (Å²) in [7, 11) is 0. The number of halogens is 3. The minimum Gasteiger partial charge on any atom is -0.396 e. The Morgan fingerprint density at radius 2 is 2.05 bits per heavy atom. The molecule has 0 spiro atoms. The van der Waals surface area contributed by atoms with E-state index in [1.165, 1.54) is 6.07 Å². The SMILES string of the molecule is Cl.OCCC[C@H](c1cc(Cl)ccc1F)N1CCNCC1. The molecule has 1 aromatic carbocycles. The molecule has 1 atom stereocenters. The lowest BCUT2D eigenvalue weighted by atomic mass is 9.99. The predicted molar refractivity (Wildman–Crippen MR) is 82.2 cm³/mol. The summed E-state index contributed by atoms with van der Waals surface area (Å²) in [6.07, 6.45) is 1.41. The van der Waals surface area contributed by atoms with Crippen molar-refractivity contribution in [2.45, 2.75) is 18.9 Å². The Labute approximate surface area is 130 Å². The second-order valence-corrected chi connectivity index (χ2v) is 5.27. The molecule has 0 saturated carbocycles. The van der Waals surface area contributed by atoms with Crippen LogP contribution in [0, 0.1) is 5.82 Å². The molecule has 1 saturated heterocycles. The van der Waals surface area contributed by atoms with Crippen LogP contribution in [-0.2, 0) is 0 Å². The number of rotatable bonds is 5. The molecule has 6 heteroatoms. The number of nitrogens with one attached hydrogen (secondary N) is 1. The Morgan fingerprint density at radius 1 is 1.35 bits per heavy atom. The van der Waals surface area contributed by atoms with Crippen LogP contribution < -0.4 is 5.32 Å². The lowest BCUT2D eigenvalue weighted by Crippen LogP contribution is -2.45. The first-order valence-corrected chi connectivity index (χ1v) is 7.10. The molecule has 0 aromatic heterocycles.